The van der Waals surface area contributed by atoms with Gasteiger partial charge >= 0.3 is 0 Å². The van der Waals surface area contributed by atoms with E-state index in [1.165, 1.54) is 5.56 Å². The Bertz CT molecular complexity index is 367. The number of hydrogen-bond donors (Lipinski definition) is 2. The number of nitrogens with zero attached hydrogens (tertiary/aromatic N) is 3. The van der Waals surface area contributed by atoms with Crippen molar-refractivity contribution in [2.45, 2.75) is 39.3 Å². The van der Waals surface area contributed by atoms with Crippen molar-refractivity contribution in [1.29, 1.82) is 0 Å². The Hall–Kier alpha value is -1.62. The van der Waals surface area contributed by atoms with E-state index in [9.17, 15) is 0 Å². The molecule has 0 amide bonds. The SMILES string of the molecule is CCC(CC(N)=NO)N(CC)Cc1ccncc1. The number of amidine groups is 1. The highest BCUT2D eigenvalue weighted by molar-refractivity contribution is 5.80. The van der Waals surface area contributed by atoms with Gasteiger partial charge in [-0.1, -0.05) is 19.0 Å². The van der Waals surface area contributed by atoms with Gasteiger partial charge in [-0.05, 0) is 30.7 Å². The summed E-state index contributed by atoms with van der Waals surface area (Å²) in [6, 6.07) is 4.32. The van der Waals surface area contributed by atoms with Gasteiger partial charge in [-0.25, -0.2) is 0 Å². The van der Waals surface area contributed by atoms with E-state index in [0.717, 1.165) is 19.5 Å². The molecule has 5 nitrogen and oxygen atoms in total. The molecule has 0 aliphatic rings. The van der Waals surface area contributed by atoms with E-state index >= 15 is 0 Å². The summed E-state index contributed by atoms with van der Waals surface area (Å²) >= 11 is 0. The summed E-state index contributed by atoms with van der Waals surface area (Å²) in [4.78, 5) is 6.34. The summed E-state index contributed by atoms with van der Waals surface area (Å²) in [5.74, 6) is 0.287. The number of hydrogen-bond acceptors (Lipinski definition) is 4. The van der Waals surface area contributed by atoms with Crippen molar-refractivity contribution < 1.29 is 5.21 Å². The number of rotatable bonds is 7. The lowest BCUT2D eigenvalue weighted by Crippen LogP contribution is -2.37. The van der Waals surface area contributed by atoms with Crippen molar-refractivity contribution in [1.82, 2.24) is 9.88 Å². The second-order valence-electron chi connectivity index (χ2n) is 4.28. The molecule has 1 unspecified atom stereocenters. The Balaban J connectivity index is 2.68. The van der Waals surface area contributed by atoms with Crippen molar-refractivity contribution in [3.8, 4) is 0 Å². The minimum Gasteiger partial charge on any atom is -0.409 e. The summed E-state index contributed by atoms with van der Waals surface area (Å²) < 4.78 is 0. The molecule has 18 heavy (non-hydrogen) atoms. The maximum absolute atomic E-state index is 8.66. The molecule has 100 valence electrons. The molecule has 0 bridgehead atoms. The molecule has 0 fully saturated rings. The maximum Gasteiger partial charge on any atom is 0.140 e. The van der Waals surface area contributed by atoms with Crippen LogP contribution in [0.25, 0.3) is 0 Å². The monoisotopic (exact) mass is 250 g/mol. The van der Waals surface area contributed by atoms with Crippen LogP contribution in [0.2, 0.25) is 0 Å². The van der Waals surface area contributed by atoms with Crippen LogP contribution in [0.3, 0.4) is 0 Å². The second-order valence-corrected chi connectivity index (χ2v) is 4.28. The molecule has 1 atom stereocenters. The van der Waals surface area contributed by atoms with Gasteiger partial charge in [-0.3, -0.25) is 9.88 Å². The van der Waals surface area contributed by atoms with Crippen LogP contribution in [0.5, 0.6) is 0 Å². The Morgan fingerprint density at radius 2 is 2.11 bits per heavy atom. The van der Waals surface area contributed by atoms with Crippen molar-refractivity contribution in [3.05, 3.63) is 30.1 Å². The average molecular weight is 250 g/mol. The summed E-state index contributed by atoms with van der Waals surface area (Å²) in [7, 11) is 0. The quantitative estimate of drug-likeness (QED) is 0.335. The summed E-state index contributed by atoms with van der Waals surface area (Å²) in [5, 5.41) is 11.7. The van der Waals surface area contributed by atoms with E-state index in [-0.39, 0.29) is 5.84 Å². The fraction of sp³-hybridized carbons (Fsp3) is 0.538. The first-order valence-electron chi connectivity index (χ1n) is 6.30. The first-order chi connectivity index (χ1) is 8.71. The van der Waals surface area contributed by atoms with Gasteiger partial charge in [0, 0.05) is 31.4 Å². The smallest absolute Gasteiger partial charge is 0.140 e. The second kappa shape index (κ2) is 7.66. The molecular formula is C13H22N4O. The first kappa shape index (κ1) is 14.4. The van der Waals surface area contributed by atoms with Crippen molar-refractivity contribution >= 4 is 5.84 Å². The van der Waals surface area contributed by atoms with Gasteiger partial charge in [0.2, 0.25) is 0 Å². The normalized spacial score (nSPS) is 13.8. The Morgan fingerprint density at radius 1 is 1.44 bits per heavy atom. The van der Waals surface area contributed by atoms with Crippen LogP contribution in [0, 0.1) is 0 Å². The summed E-state index contributed by atoms with van der Waals surface area (Å²) in [5.41, 5.74) is 6.83. The molecule has 0 spiro atoms. The fourth-order valence-corrected chi connectivity index (χ4v) is 2.04. The zero-order chi connectivity index (χ0) is 13.4. The van der Waals surface area contributed by atoms with E-state index in [2.05, 4.69) is 28.9 Å². The topological polar surface area (TPSA) is 74.7 Å². The van der Waals surface area contributed by atoms with Crippen LogP contribution in [0.4, 0.5) is 0 Å². The van der Waals surface area contributed by atoms with Gasteiger partial charge in [0.15, 0.2) is 0 Å². The van der Waals surface area contributed by atoms with Crippen LogP contribution >= 0.6 is 0 Å². The third-order valence-corrected chi connectivity index (χ3v) is 3.10. The summed E-state index contributed by atoms with van der Waals surface area (Å²) in [6.07, 6.45) is 5.16. The molecule has 0 aromatic carbocycles. The van der Waals surface area contributed by atoms with Gasteiger partial charge in [0.1, 0.15) is 5.84 Å². The van der Waals surface area contributed by atoms with Crippen molar-refractivity contribution in [2.24, 2.45) is 10.9 Å². The van der Waals surface area contributed by atoms with E-state index in [4.69, 9.17) is 10.9 Å². The highest BCUT2D eigenvalue weighted by atomic mass is 16.4. The first-order valence-corrected chi connectivity index (χ1v) is 6.30. The van der Waals surface area contributed by atoms with Crippen LogP contribution in [-0.2, 0) is 6.54 Å². The number of pyridine rings is 1. The molecule has 1 aromatic heterocycles. The van der Waals surface area contributed by atoms with Gasteiger partial charge in [0.25, 0.3) is 0 Å². The predicted octanol–water partition coefficient (Wildman–Crippen LogP) is 1.82. The number of nitrogens with two attached hydrogens (primary N) is 1. The third kappa shape index (κ3) is 4.33. The zero-order valence-corrected chi connectivity index (χ0v) is 11.1. The van der Waals surface area contributed by atoms with Gasteiger partial charge < -0.3 is 10.9 Å². The molecule has 3 N–H and O–H groups in total. The van der Waals surface area contributed by atoms with Crippen LogP contribution < -0.4 is 5.73 Å². The van der Waals surface area contributed by atoms with Gasteiger partial charge in [-0.15, -0.1) is 0 Å². The van der Waals surface area contributed by atoms with Crippen LogP contribution in [0.1, 0.15) is 32.3 Å². The van der Waals surface area contributed by atoms with E-state index < -0.39 is 0 Å². The molecule has 0 aliphatic heterocycles. The largest absolute Gasteiger partial charge is 0.409 e. The van der Waals surface area contributed by atoms with E-state index in [0.29, 0.717) is 12.5 Å². The van der Waals surface area contributed by atoms with Gasteiger partial charge in [0.05, 0.1) is 0 Å². The maximum atomic E-state index is 8.66. The predicted molar refractivity (Wildman–Crippen MR) is 72.4 cm³/mol. The average Bonchev–Trinajstić information content (AvgIpc) is 2.43. The fourth-order valence-electron chi connectivity index (χ4n) is 2.04. The number of oxime groups is 1. The van der Waals surface area contributed by atoms with Gasteiger partial charge in [-0.2, -0.15) is 0 Å². The summed E-state index contributed by atoms with van der Waals surface area (Å²) in [6.45, 7) is 6.02. The van der Waals surface area contributed by atoms with E-state index in [1.54, 1.807) is 12.4 Å². The number of aromatic nitrogens is 1. The highest BCUT2D eigenvalue weighted by Gasteiger charge is 2.17. The molecular weight excluding hydrogens is 228 g/mol. The van der Waals surface area contributed by atoms with E-state index in [1.807, 2.05) is 12.1 Å². The van der Waals surface area contributed by atoms with Crippen molar-refractivity contribution in [2.75, 3.05) is 6.54 Å². The van der Waals surface area contributed by atoms with Crippen molar-refractivity contribution in [3.63, 3.8) is 0 Å². The van der Waals surface area contributed by atoms with Crippen LogP contribution in [0.15, 0.2) is 29.7 Å². The molecule has 0 aliphatic carbocycles. The lowest BCUT2D eigenvalue weighted by molar-refractivity contribution is 0.194. The third-order valence-electron chi connectivity index (χ3n) is 3.10. The zero-order valence-electron chi connectivity index (χ0n) is 11.1. The Morgan fingerprint density at radius 3 is 2.61 bits per heavy atom. The lowest BCUT2D eigenvalue weighted by Gasteiger charge is -2.29. The minimum absolute atomic E-state index is 0.287. The molecule has 1 heterocycles. The highest BCUT2D eigenvalue weighted by Crippen LogP contribution is 2.13. The Kier molecular flexibility index (Phi) is 6.14. The Labute approximate surface area is 108 Å². The van der Waals surface area contributed by atoms with Crippen LogP contribution in [-0.4, -0.2) is 33.5 Å². The molecule has 1 aromatic rings. The molecule has 1 rings (SSSR count). The molecule has 0 saturated heterocycles. The standard InChI is InChI=1S/C13H22N4O/c1-3-12(9-13(14)16-18)17(4-2)10-11-5-7-15-8-6-11/h5-8,12,18H,3-4,9-10H2,1-2H3,(H2,14,16). The molecule has 0 radical (unpaired) electrons. The minimum atomic E-state index is 0.287. The molecule has 0 saturated carbocycles. The lowest BCUT2D eigenvalue weighted by atomic mass is 10.1. The molecule has 5 heteroatoms.